The van der Waals surface area contributed by atoms with Crippen LogP contribution in [0.3, 0.4) is 0 Å². The van der Waals surface area contributed by atoms with Crippen LogP contribution in [0.25, 0.3) is 0 Å². The number of benzene rings is 1. The van der Waals surface area contributed by atoms with E-state index in [0.29, 0.717) is 31.9 Å². The zero-order chi connectivity index (χ0) is 26.8. The van der Waals surface area contributed by atoms with Gasteiger partial charge in [-0.05, 0) is 61.2 Å². The highest BCUT2D eigenvalue weighted by Crippen LogP contribution is 2.33. The minimum Gasteiger partial charge on any atom is -0.454 e. The van der Waals surface area contributed by atoms with Crippen LogP contribution in [0.4, 0.5) is 0 Å². The average molecular weight is 533 g/mol. The predicted molar refractivity (Wildman–Crippen MR) is 144 cm³/mol. The maximum absolute atomic E-state index is 13.2. The zero-order valence-corrected chi connectivity index (χ0v) is 22.5. The molecule has 2 aliphatic heterocycles. The summed E-state index contributed by atoms with van der Waals surface area (Å²) >= 11 is 0. The summed E-state index contributed by atoms with van der Waals surface area (Å²) in [5.41, 5.74) is 2.24. The van der Waals surface area contributed by atoms with Gasteiger partial charge in [0.05, 0.1) is 13.1 Å². The average Bonchev–Trinajstić information content (AvgIpc) is 3.30. The molecule has 1 aromatic carbocycles. The van der Waals surface area contributed by atoms with Gasteiger partial charge in [-0.15, -0.1) is 0 Å². The monoisotopic (exact) mass is 532 g/mol. The first-order valence-electron chi connectivity index (χ1n) is 14.0. The number of carbonyl (C=O) groups excluding carboxylic acids is 2. The van der Waals surface area contributed by atoms with Gasteiger partial charge in [-0.2, -0.15) is 0 Å². The Morgan fingerprint density at radius 1 is 0.974 bits per heavy atom. The van der Waals surface area contributed by atoms with E-state index in [1.807, 2.05) is 40.3 Å². The van der Waals surface area contributed by atoms with E-state index in [4.69, 9.17) is 13.9 Å². The molecule has 3 aliphatic rings. The second kappa shape index (κ2) is 11.2. The number of nitrogens with zero attached hydrogens (tertiary/aromatic N) is 4. The largest absolute Gasteiger partial charge is 0.454 e. The highest BCUT2D eigenvalue weighted by Gasteiger charge is 2.33. The lowest BCUT2D eigenvalue weighted by molar-refractivity contribution is -0.133. The number of hydrogen-bond acceptors (Lipinski definition) is 6. The lowest BCUT2D eigenvalue weighted by Crippen LogP contribution is -2.48. The van der Waals surface area contributed by atoms with Crippen LogP contribution < -0.4 is 9.47 Å². The Morgan fingerprint density at radius 2 is 1.79 bits per heavy atom. The molecule has 2 aromatic heterocycles. The van der Waals surface area contributed by atoms with E-state index in [9.17, 15) is 9.59 Å². The third-order valence-electron chi connectivity index (χ3n) is 7.71. The van der Waals surface area contributed by atoms with Gasteiger partial charge in [0.2, 0.25) is 12.7 Å². The maximum Gasteiger partial charge on any atom is 0.289 e. The quantitative estimate of drug-likeness (QED) is 0.393. The van der Waals surface area contributed by atoms with Crippen molar-refractivity contribution in [3.8, 4) is 11.5 Å². The van der Waals surface area contributed by atoms with Gasteiger partial charge in [-0.25, -0.2) is 0 Å². The van der Waals surface area contributed by atoms with Gasteiger partial charge in [0.25, 0.3) is 5.91 Å². The maximum atomic E-state index is 13.2. The van der Waals surface area contributed by atoms with Gasteiger partial charge in [0.1, 0.15) is 5.76 Å². The van der Waals surface area contributed by atoms with Gasteiger partial charge in [0, 0.05) is 57.1 Å². The van der Waals surface area contributed by atoms with Crippen molar-refractivity contribution in [2.24, 2.45) is 5.92 Å². The molecule has 0 atom stereocenters. The molecule has 206 valence electrons. The van der Waals surface area contributed by atoms with Crippen molar-refractivity contribution in [3.05, 3.63) is 71.4 Å². The first-order chi connectivity index (χ1) is 19.1. The zero-order valence-electron chi connectivity index (χ0n) is 22.5. The van der Waals surface area contributed by atoms with Crippen LogP contribution in [-0.2, 0) is 24.4 Å². The molecule has 0 spiro atoms. The number of furan rings is 1. The van der Waals surface area contributed by atoms with E-state index in [0.717, 1.165) is 68.4 Å². The molecule has 3 aromatic rings. The standard InChI is InChI=1S/C30H36N4O5/c1-2-11-34(29(35)23-6-7-23)19-24-4-3-12-33(24)20-25-8-10-27(39-25)30(36)32-15-13-31(14-16-32)18-22-5-9-26-28(17-22)38-21-37-26/h3-5,8-10,12,17,23H,2,6-7,11,13-16,18-21H2,1H3. The van der Waals surface area contributed by atoms with Crippen molar-refractivity contribution in [2.75, 3.05) is 39.5 Å². The fourth-order valence-corrected chi connectivity index (χ4v) is 5.38. The number of carbonyl (C=O) groups is 2. The third kappa shape index (κ3) is 5.83. The van der Waals surface area contributed by atoms with Crippen LogP contribution in [0.2, 0.25) is 0 Å². The summed E-state index contributed by atoms with van der Waals surface area (Å²) in [5.74, 6) is 3.11. The number of ether oxygens (including phenoxy) is 2. The van der Waals surface area contributed by atoms with Crippen LogP contribution in [0.5, 0.6) is 11.5 Å². The minimum absolute atomic E-state index is 0.0686. The first kappa shape index (κ1) is 25.6. The highest BCUT2D eigenvalue weighted by atomic mass is 16.7. The van der Waals surface area contributed by atoms with Crippen LogP contribution in [0.15, 0.2) is 53.1 Å². The Bertz CT molecular complexity index is 1320. The minimum atomic E-state index is -0.0686. The van der Waals surface area contributed by atoms with Crippen molar-refractivity contribution in [2.45, 2.75) is 45.8 Å². The lowest BCUT2D eigenvalue weighted by Gasteiger charge is -2.34. The summed E-state index contributed by atoms with van der Waals surface area (Å²) in [4.78, 5) is 32.1. The summed E-state index contributed by atoms with van der Waals surface area (Å²) < 4.78 is 19.0. The van der Waals surface area contributed by atoms with Crippen molar-refractivity contribution in [3.63, 3.8) is 0 Å². The first-order valence-corrected chi connectivity index (χ1v) is 14.0. The molecular formula is C30H36N4O5. The van der Waals surface area contributed by atoms with Gasteiger partial charge in [-0.1, -0.05) is 13.0 Å². The molecule has 2 amide bonds. The Balaban J connectivity index is 1.02. The Kier molecular flexibility index (Phi) is 7.32. The molecule has 0 unspecified atom stereocenters. The number of rotatable bonds is 10. The normalized spacial score (nSPS) is 17.0. The smallest absolute Gasteiger partial charge is 0.289 e. The summed E-state index contributed by atoms with van der Waals surface area (Å²) in [5, 5.41) is 0. The molecule has 39 heavy (non-hydrogen) atoms. The van der Waals surface area contributed by atoms with Gasteiger partial charge in [-0.3, -0.25) is 14.5 Å². The van der Waals surface area contributed by atoms with Crippen molar-refractivity contribution in [1.82, 2.24) is 19.3 Å². The number of amides is 2. The molecular weight excluding hydrogens is 496 g/mol. The number of piperazine rings is 1. The van der Waals surface area contributed by atoms with E-state index in [-0.39, 0.29) is 24.5 Å². The molecule has 0 bridgehead atoms. The molecule has 9 heteroatoms. The molecule has 4 heterocycles. The van der Waals surface area contributed by atoms with Crippen molar-refractivity contribution < 1.29 is 23.5 Å². The van der Waals surface area contributed by atoms with Gasteiger partial charge in [0.15, 0.2) is 17.3 Å². The Labute approximate surface area is 228 Å². The number of aromatic nitrogens is 1. The summed E-state index contributed by atoms with van der Waals surface area (Å²) in [7, 11) is 0. The second-order valence-corrected chi connectivity index (χ2v) is 10.7. The Morgan fingerprint density at radius 3 is 2.59 bits per heavy atom. The highest BCUT2D eigenvalue weighted by molar-refractivity contribution is 5.91. The topological polar surface area (TPSA) is 80.4 Å². The van der Waals surface area contributed by atoms with E-state index in [2.05, 4.69) is 28.5 Å². The SMILES string of the molecule is CCCN(Cc1cccn1Cc1ccc(C(=O)N2CCN(Cc3ccc4c(c3)OCO4)CC2)o1)C(=O)C1CC1. The van der Waals surface area contributed by atoms with Gasteiger partial charge < -0.3 is 28.3 Å². The van der Waals surface area contributed by atoms with Gasteiger partial charge >= 0.3 is 0 Å². The predicted octanol–water partition coefficient (Wildman–Crippen LogP) is 3.96. The van der Waals surface area contributed by atoms with Crippen LogP contribution in [0.1, 0.15) is 53.8 Å². The molecule has 2 fully saturated rings. The second-order valence-electron chi connectivity index (χ2n) is 10.7. The molecule has 9 nitrogen and oxygen atoms in total. The summed E-state index contributed by atoms with van der Waals surface area (Å²) in [6, 6.07) is 13.8. The summed E-state index contributed by atoms with van der Waals surface area (Å²) in [6.45, 7) is 7.99. The molecule has 1 aliphatic carbocycles. The molecule has 1 saturated carbocycles. The Hall–Kier alpha value is -3.72. The molecule has 1 saturated heterocycles. The van der Waals surface area contributed by atoms with Crippen LogP contribution >= 0.6 is 0 Å². The van der Waals surface area contributed by atoms with Crippen molar-refractivity contribution >= 4 is 11.8 Å². The van der Waals surface area contributed by atoms with Crippen molar-refractivity contribution in [1.29, 1.82) is 0 Å². The van der Waals surface area contributed by atoms with Crippen LogP contribution in [-0.4, -0.2) is 70.6 Å². The van der Waals surface area contributed by atoms with E-state index < -0.39 is 0 Å². The lowest BCUT2D eigenvalue weighted by atomic mass is 10.1. The third-order valence-corrected chi connectivity index (χ3v) is 7.71. The molecule has 0 N–H and O–H groups in total. The van der Waals surface area contributed by atoms with E-state index >= 15 is 0 Å². The molecule has 0 radical (unpaired) electrons. The van der Waals surface area contributed by atoms with E-state index in [1.165, 1.54) is 5.56 Å². The van der Waals surface area contributed by atoms with Crippen LogP contribution in [0, 0.1) is 5.92 Å². The summed E-state index contributed by atoms with van der Waals surface area (Å²) in [6.07, 6.45) is 4.97. The molecule has 6 rings (SSSR count). The fourth-order valence-electron chi connectivity index (χ4n) is 5.38. The van der Waals surface area contributed by atoms with E-state index in [1.54, 1.807) is 6.07 Å². The fraction of sp³-hybridized carbons (Fsp3) is 0.467. The number of hydrogen-bond donors (Lipinski definition) is 0. The number of fused-ring (bicyclic) bond motifs is 1.